The van der Waals surface area contributed by atoms with Gasteiger partial charge in [0.25, 0.3) is 5.91 Å². The highest BCUT2D eigenvalue weighted by atomic mass is 16.5. The number of hydrogen-bond acceptors (Lipinski definition) is 5. The summed E-state index contributed by atoms with van der Waals surface area (Å²) in [6, 6.07) is 4.96. The molecule has 6 nitrogen and oxygen atoms in total. The Labute approximate surface area is 131 Å². The van der Waals surface area contributed by atoms with Crippen molar-refractivity contribution in [3.63, 3.8) is 0 Å². The van der Waals surface area contributed by atoms with E-state index in [9.17, 15) is 9.59 Å². The van der Waals surface area contributed by atoms with Gasteiger partial charge in [0.15, 0.2) is 11.5 Å². The van der Waals surface area contributed by atoms with Crippen LogP contribution in [0.1, 0.15) is 30.6 Å². The van der Waals surface area contributed by atoms with Crippen LogP contribution in [-0.2, 0) is 9.53 Å². The first-order valence-corrected chi connectivity index (χ1v) is 7.04. The maximum absolute atomic E-state index is 12.6. The van der Waals surface area contributed by atoms with Crippen LogP contribution < -0.4 is 9.47 Å². The molecule has 0 fully saturated rings. The topological polar surface area (TPSA) is 65.1 Å². The van der Waals surface area contributed by atoms with E-state index >= 15 is 0 Å². The second-order valence-electron chi connectivity index (χ2n) is 4.99. The molecule has 0 bridgehead atoms. The van der Waals surface area contributed by atoms with E-state index in [2.05, 4.69) is 4.74 Å². The van der Waals surface area contributed by atoms with Crippen molar-refractivity contribution in [2.75, 3.05) is 27.9 Å². The van der Waals surface area contributed by atoms with Gasteiger partial charge in [0.05, 0.1) is 27.8 Å². The molecule has 1 amide bonds. The fourth-order valence-corrected chi connectivity index (χ4v) is 2.04. The lowest BCUT2D eigenvalue weighted by molar-refractivity contribution is -0.140. The minimum absolute atomic E-state index is 0.0368. The van der Waals surface area contributed by atoms with Gasteiger partial charge in [0.2, 0.25) is 0 Å². The molecule has 0 radical (unpaired) electrons. The van der Waals surface area contributed by atoms with Crippen molar-refractivity contribution in [3.8, 4) is 11.5 Å². The lowest BCUT2D eigenvalue weighted by Crippen LogP contribution is -2.38. The number of carbonyl (C=O) groups excluding carboxylic acids is 2. The molecule has 0 aliphatic heterocycles. The Bertz CT molecular complexity index is 527. The van der Waals surface area contributed by atoms with Crippen LogP contribution in [0, 0.1) is 0 Å². The second-order valence-corrected chi connectivity index (χ2v) is 4.99. The van der Waals surface area contributed by atoms with Gasteiger partial charge in [-0.25, -0.2) is 0 Å². The lowest BCUT2D eigenvalue weighted by Gasteiger charge is -2.26. The third-order valence-corrected chi connectivity index (χ3v) is 3.30. The number of carbonyl (C=O) groups is 2. The van der Waals surface area contributed by atoms with Crippen LogP contribution >= 0.6 is 0 Å². The number of nitrogens with zero attached hydrogens (tertiary/aromatic N) is 1. The predicted molar refractivity (Wildman–Crippen MR) is 82.4 cm³/mol. The van der Waals surface area contributed by atoms with Gasteiger partial charge in [-0.3, -0.25) is 9.59 Å². The summed E-state index contributed by atoms with van der Waals surface area (Å²) in [6.07, 6.45) is 0.160. The Morgan fingerprint density at radius 2 is 1.73 bits per heavy atom. The van der Waals surface area contributed by atoms with Crippen LogP contribution in [0.4, 0.5) is 0 Å². The zero-order valence-corrected chi connectivity index (χ0v) is 13.7. The Morgan fingerprint density at radius 3 is 2.23 bits per heavy atom. The van der Waals surface area contributed by atoms with E-state index in [-0.39, 0.29) is 24.3 Å². The molecule has 0 saturated carbocycles. The third kappa shape index (κ3) is 4.38. The van der Waals surface area contributed by atoms with Crippen molar-refractivity contribution in [2.45, 2.75) is 26.3 Å². The summed E-state index contributed by atoms with van der Waals surface area (Å²) in [4.78, 5) is 25.5. The van der Waals surface area contributed by atoms with Crippen LogP contribution in [0.3, 0.4) is 0 Å². The highest BCUT2D eigenvalue weighted by Gasteiger charge is 2.21. The zero-order chi connectivity index (χ0) is 16.7. The first-order chi connectivity index (χ1) is 10.4. The van der Waals surface area contributed by atoms with E-state index in [1.54, 1.807) is 23.1 Å². The van der Waals surface area contributed by atoms with Gasteiger partial charge in [-0.2, -0.15) is 0 Å². The zero-order valence-electron chi connectivity index (χ0n) is 13.7. The van der Waals surface area contributed by atoms with Crippen LogP contribution in [0.5, 0.6) is 11.5 Å². The summed E-state index contributed by atoms with van der Waals surface area (Å²) in [5, 5.41) is 0. The van der Waals surface area contributed by atoms with E-state index in [0.29, 0.717) is 23.6 Å². The van der Waals surface area contributed by atoms with E-state index in [0.717, 1.165) is 0 Å². The minimum Gasteiger partial charge on any atom is -0.493 e. The SMILES string of the molecule is COC(=O)CCN(C(=O)c1ccc(OC)c(OC)c1)C(C)C. The molecule has 1 aromatic carbocycles. The summed E-state index contributed by atoms with van der Waals surface area (Å²) in [7, 11) is 4.39. The summed E-state index contributed by atoms with van der Waals surface area (Å²) in [6.45, 7) is 4.10. The standard InChI is InChI=1S/C16H23NO5/c1-11(2)17(9-8-15(18)22-5)16(19)12-6-7-13(20-3)14(10-12)21-4/h6-7,10-11H,8-9H2,1-5H3. The fraction of sp³-hybridized carbons (Fsp3) is 0.500. The molecule has 0 aliphatic carbocycles. The van der Waals surface area contributed by atoms with Gasteiger partial charge in [-0.15, -0.1) is 0 Å². The molecule has 0 unspecified atom stereocenters. The molecule has 1 rings (SSSR count). The molecule has 0 spiro atoms. The van der Waals surface area contributed by atoms with E-state index in [1.165, 1.54) is 21.3 Å². The van der Waals surface area contributed by atoms with Gasteiger partial charge in [-0.05, 0) is 32.0 Å². The molecule has 0 aliphatic rings. The number of rotatable bonds is 7. The average Bonchev–Trinajstić information content (AvgIpc) is 2.53. The number of ether oxygens (including phenoxy) is 3. The fourth-order valence-electron chi connectivity index (χ4n) is 2.04. The van der Waals surface area contributed by atoms with Crippen molar-refractivity contribution in [1.82, 2.24) is 4.90 Å². The Kier molecular flexibility index (Phi) is 6.69. The molecule has 0 atom stereocenters. The lowest BCUT2D eigenvalue weighted by atomic mass is 10.1. The molecule has 0 N–H and O–H groups in total. The number of methoxy groups -OCH3 is 3. The molecule has 22 heavy (non-hydrogen) atoms. The Balaban J connectivity index is 2.96. The quantitative estimate of drug-likeness (QED) is 0.722. The van der Waals surface area contributed by atoms with Gasteiger partial charge in [0.1, 0.15) is 0 Å². The molecule has 0 aromatic heterocycles. The average molecular weight is 309 g/mol. The van der Waals surface area contributed by atoms with Crippen LogP contribution in [0.15, 0.2) is 18.2 Å². The monoisotopic (exact) mass is 309 g/mol. The van der Waals surface area contributed by atoms with Crippen LogP contribution in [0.2, 0.25) is 0 Å². The second kappa shape index (κ2) is 8.26. The van der Waals surface area contributed by atoms with Gasteiger partial charge in [0, 0.05) is 18.2 Å². The Hall–Kier alpha value is -2.24. The number of esters is 1. The maximum atomic E-state index is 12.6. The van der Waals surface area contributed by atoms with Crippen molar-refractivity contribution in [1.29, 1.82) is 0 Å². The smallest absolute Gasteiger partial charge is 0.307 e. The largest absolute Gasteiger partial charge is 0.493 e. The summed E-state index contributed by atoms with van der Waals surface area (Å²) < 4.78 is 15.0. The first-order valence-electron chi connectivity index (χ1n) is 7.04. The van der Waals surface area contributed by atoms with E-state index < -0.39 is 0 Å². The first kappa shape index (κ1) is 17.8. The molecule has 0 saturated heterocycles. The summed E-state index contributed by atoms with van der Waals surface area (Å²) in [5.74, 6) is 0.542. The summed E-state index contributed by atoms with van der Waals surface area (Å²) in [5.41, 5.74) is 0.483. The molecular weight excluding hydrogens is 286 g/mol. The van der Waals surface area contributed by atoms with Crippen LogP contribution in [0.25, 0.3) is 0 Å². The Morgan fingerprint density at radius 1 is 1.09 bits per heavy atom. The van der Waals surface area contributed by atoms with Gasteiger partial charge >= 0.3 is 5.97 Å². The molecule has 122 valence electrons. The van der Waals surface area contributed by atoms with Crippen molar-refractivity contribution in [2.24, 2.45) is 0 Å². The summed E-state index contributed by atoms with van der Waals surface area (Å²) >= 11 is 0. The molecule has 1 aromatic rings. The highest BCUT2D eigenvalue weighted by molar-refractivity contribution is 5.95. The molecular formula is C16H23NO5. The van der Waals surface area contributed by atoms with E-state index in [1.807, 2.05) is 13.8 Å². The van der Waals surface area contributed by atoms with Crippen LogP contribution in [-0.4, -0.2) is 50.7 Å². The predicted octanol–water partition coefficient (Wildman–Crippen LogP) is 2.12. The normalized spacial score (nSPS) is 10.3. The van der Waals surface area contributed by atoms with Crippen molar-refractivity contribution < 1.29 is 23.8 Å². The highest BCUT2D eigenvalue weighted by Crippen LogP contribution is 2.28. The third-order valence-electron chi connectivity index (χ3n) is 3.30. The van der Waals surface area contributed by atoms with Crippen molar-refractivity contribution in [3.05, 3.63) is 23.8 Å². The van der Waals surface area contributed by atoms with Crippen molar-refractivity contribution >= 4 is 11.9 Å². The van der Waals surface area contributed by atoms with Gasteiger partial charge in [-0.1, -0.05) is 0 Å². The molecule has 0 heterocycles. The number of amides is 1. The van der Waals surface area contributed by atoms with Gasteiger partial charge < -0.3 is 19.1 Å². The number of hydrogen-bond donors (Lipinski definition) is 0. The molecule has 6 heteroatoms. The maximum Gasteiger partial charge on any atom is 0.307 e. The van der Waals surface area contributed by atoms with E-state index in [4.69, 9.17) is 9.47 Å². The minimum atomic E-state index is -0.342. The number of benzene rings is 1.